The van der Waals surface area contributed by atoms with Gasteiger partial charge in [-0.3, -0.25) is 0 Å². The van der Waals surface area contributed by atoms with Crippen LogP contribution in [-0.4, -0.2) is 6.54 Å². The van der Waals surface area contributed by atoms with E-state index in [0.29, 0.717) is 16.6 Å². The molecule has 0 aliphatic heterocycles. The van der Waals surface area contributed by atoms with Gasteiger partial charge in [-0.1, -0.05) is 34.8 Å². The maximum absolute atomic E-state index is 6.00. The van der Waals surface area contributed by atoms with Gasteiger partial charge in [-0.2, -0.15) is 0 Å². The fourth-order valence-electron chi connectivity index (χ4n) is 1.000. The molecular formula is C10H9BrCl3N. The van der Waals surface area contributed by atoms with Gasteiger partial charge >= 0.3 is 0 Å². The molecule has 0 radical (unpaired) electrons. The van der Waals surface area contributed by atoms with Gasteiger partial charge in [0.25, 0.3) is 0 Å². The van der Waals surface area contributed by atoms with Crippen LogP contribution in [-0.2, 0) is 0 Å². The molecule has 0 saturated carbocycles. The van der Waals surface area contributed by atoms with Crippen LogP contribution in [0.3, 0.4) is 0 Å². The molecule has 0 atom stereocenters. The van der Waals surface area contributed by atoms with E-state index in [1.54, 1.807) is 0 Å². The molecule has 0 unspecified atom stereocenters. The summed E-state index contributed by atoms with van der Waals surface area (Å²) in [6.45, 7) is 2.42. The van der Waals surface area contributed by atoms with Gasteiger partial charge in [-0.15, -0.1) is 0 Å². The van der Waals surface area contributed by atoms with E-state index >= 15 is 0 Å². The van der Waals surface area contributed by atoms with Crippen molar-refractivity contribution >= 4 is 56.4 Å². The molecule has 1 aromatic rings. The molecule has 0 fully saturated rings. The fraction of sp³-hybridized carbons (Fsp3) is 0.200. The van der Waals surface area contributed by atoms with Crippen molar-refractivity contribution in [2.45, 2.75) is 6.92 Å². The van der Waals surface area contributed by atoms with Crippen molar-refractivity contribution in [2.24, 2.45) is 0 Å². The van der Waals surface area contributed by atoms with Crippen LogP contribution in [0.15, 0.2) is 27.2 Å². The van der Waals surface area contributed by atoms with E-state index in [0.717, 1.165) is 15.7 Å². The highest BCUT2D eigenvalue weighted by Gasteiger charge is 2.04. The molecule has 0 aliphatic carbocycles. The van der Waals surface area contributed by atoms with Crippen LogP contribution < -0.4 is 5.32 Å². The van der Waals surface area contributed by atoms with Gasteiger partial charge < -0.3 is 5.32 Å². The number of anilines is 1. The van der Waals surface area contributed by atoms with Crippen molar-refractivity contribution in [1.29, 1.82) is 0 Å². The van der Waals surface area contributed by atoms with Gasteiger partial charge in [-0.05, 0) is 40.5 Å². The van der Waals surface area contributed by atoms with Gasteiger partial charge in [0.15, 0.2) is 0 Å². The molecule has 1 nitrogen and oxygen atoms in total. The van der Waals surface area contributed by atoms with Crippen LogP contribution in [0.4, 0.5) is 5.69 Å². The SMILES string of the molecule is Cc1cc(Br)c(NC/C(Cl)=C/Cl)cc1Cl. The Morgan fingerprint density at radius 2 is 2.20 bits per heavy atom. The largest absolute Gasteiger partial charge is 0.379 e. The minimum atomic E-state index is 0.475. The van der Waals surface area contributed by atoms with E-state index in [-0.39, 0.29) is 0 Å². The van der Waals surface area contributed by atoms with Gasteiger partial charge in [-0.25, -0.2) is 0 Å². The van der Waals surface area contributed by atoms with Crippen LogP contribution in [0.2, 0.25) is 5.02 Å². The molecular weight excluding hydrogens is 320 g/mol. The van der Waals surface area contributed by atoms with Crippen LogP contribution in [0.1, 0.15) is 5.56 Å². The zero-order valence-electron chi connectivity index (χ0n) is 7.95. The highest BCUT2D eigenvalue weighted by atomic mass is 79.9. The smallest absolute Gasteiger partial charge is 0.0517 e. The number of halogens is 4. The molecule has 1 N–H and O–H groups in total. The Morgan fingerprint density at radius 3 is 2.80 bits per heavy atom. The van der Waals surface area contributed by atoms with E-state index in [2.05, 4.69) is 21.2 Å². The normalized spacial score (nSPS) is 11.7. The molecule has 0 bridgehead atoms. The minimum Gasteiger partial charge on any atom is -0.379 e. The first-order valence-electron chi connectivity index (χ1n) is 4.19. The van der Waals surface area contributed by atoms with E-state index in [4.69, 9.17) is 34.8 Å². The van der Waals surface area contributed by atoms with E-state index < -0.39 is 0 Å². The third kappa shape index (κ3) is 3.87. The van der Waals surface area contributed by atoms with Gasteiger partial charge in [0, 0.05) is 20.1 Å². The summed E-state index contributed by atoms with van der Waals surface area (Å²) in [5.74, 6) is 0. The summed E-state index contributed by atoms with van der Waals surface area (Å²) in [4.78, 5) is 0. The first kappa shape index (κ1) is 13.2. The zero-order valence-corrected chi connectivity index (χ0v) is 11.8. The lowest BCUT2D eigenvalue weighted by atomic mass is 10.2. The third-order valence-corrected chi connectivity index (χ3v) is 3.50. The Balaban J connectivity index is 2.82. The lowest BCUT2D eigenvalue weighted by molar-refractivity contribution is 1.29. The number of benzene rings is 1. The summed E-state index contributed by atoms with van der Waals surface area (Å²) < 4.78 is 0.948. The molecule has 1 aromatic carbocycles. The van der Waals surface area contributed by atoms with E-state index in [1.165, 1.54) is 5.54 Å². The molecule has 15 heavy (non-hydrogen) atoms. The number of rotatable bonds is 3. The average molecular weight is 329 g/mol. The van der Waals surface area contributed by atoms with Crippen LogP contribution in [0.5, 0.6) is 0 Å². The summed E-state index contributed by atoms with van der Waals surface area (Å²) in [5, 5.41) is 4.37. The fourth-order valence-corrected chi connectivity index (χ4v) is 1.91. The van der Waals surface area contributed by atoms with Crippen molar-refractivity contribution in [3.8, 4) is 0 Å². The quantitative estimate of drug-likeness (QED) is 0.809. The highest BCUT2D eigenvalue weighted by Crippen LogP contribution is 2.29. The molecule has 5 heteroatoms. The minimum absolute atomic E-state index is 0.475. The lowest BCUT2D eigenvalue weighted by Gasteiger charge is -2.09. The Morgan fingerprint density at radius 1 is 1.53 bits per heavy atom. The predicted molar refractivity (Wildman–Crippen MR) is 72.2 cm³/mol. The van der Waals surface area contributed by atoms with Crippen LogP contribution >= 0.6 is 50.7 Å². The average Bonchev–Trinajstić information content (AvgIpc) is 2.21. The summed E-state index contributed by atoms with van der Waals surface area (Å²) >= 11 is 20.6. The molecule has 0 saturated heterocycles. The summed E-state index contributed by atoms with van der Waals surface area (Å²) in [6.07, 6.45) is 0. The topological polar surface area (TPSA) is 12.0 Å². The Bertz CT molecular complexity index is 390. The summed E-state index contributed by atoms with van der Waals surface area (Å²) in [5.41, 5.74) is 3.24. The predicted octanol–water partition coefficient (Wildman–Crippen LogP) is 5.14. The maximum atomic E-state index is 6.00. The first-order valence-corrected chi connectivity index (χ1v) is 6.17. The van der Waals surface area contributed by atoms with Gasteiger partial charge in [0.05, 0.1) is 12.2 Å². The summed E-state index contributed by atoms with van der Waals surface area (Å²) in [6, 6.07) is 3.79. The van der Waals surface area contributed by atoms with Crippen molar-refractivity contribution < 1.29 is 0 Å². The molecule has 1 rings (SSSR count). The van der Waals surface area contributed by atoms with E-state index in [1.807, 2.05) is 19.1 Å². The second kappa shape index (κ2) is 6.00. The van der Waals surface area contributed by atoms with Crippen molar-refractivity contribution in [2.75, 3.05) is 11.9 Å². The standard InChI is InChI=1S/C10H9BrCl3N/c1-6-2-8(11)10(3-9(6)14)15-5-7(13)4-12/h2-4,15H,5H2,1H3/b7-4-. The number of hydrogen-bond donors (Lipinski definition) is 1. The highest BCUT2D eigenvalue weighted by molar-refractivity contribution is 9.10. The van der Waals surface area contributed by atoms with Crippen molar-refractivity contribution in [3.63, 3.8) is 0 Å². The van der Waals surface area contributed by atoms with E-state index in [9.17, 15) is 0 Å². The lowest BCUT2D eigenvalue weighted by Crippen LogP contribution is -2.02. The number of hydrogen-bond acceptors (Lipinski definition) is 1. The Kier molecular flexibility index (Phi) is 5.27. The molecule has 0 heterocycles. The molecule has 0 spiro atoms. The molecule has 0 aliphatic rings. The Hall–Kier alpha value is 0.110. The number of nitrogens with one attached hydrogen (secondary N) is 1. The maximum Gasteiger partial charge on any atom is 0.0517 e. The van der Waals surface area contributed by atoms with Crippen molar-refractivity contribution in [1.82, 2.24) is 0 Å². The first-order chi connectivity index (χ1) is 7.04. The van der Waals surface area contributed by atoms with Crippen molar-refractivity contribution in [3.05, 3.63) is 37.8 Å². The zero-order chi connectivity index (χ0) is 11.4. The second-order valence-electron chi connectivity index (χ2n) is 2.99. The molecule has 82 valence electrons. The molecule has 0 aromatic heterocycles. The molecule has 0 amide bonds. The number of aryl methyl sites for hydroxylation is 1. The third-order valence-electron chi connectivity index (χ3n) is 1.81. The van der Waals surface area contributed by atoms with Gasteiger partial charge in [0.1, 0.15) is 0 Å². The second-order valence-corrected chi connectivity index (χ2v) is 4.96. The van der Waals surface area contributed by atoms with Crippen LogP contribution in [0, 0.1) is 6.92 Å². The van der Waals surface area contributed by atoms with Crippen LogP contribution in [0.25, 0.3) is 0 Å². The monoisotopic (exact) mass is 327 g/mol. The summed E-state index contributed by atoms with van der Waals surface area (Å²) in [7, 11) is 0. The Labute approximate surface area is 113 Å². The van der Waals surface area contributed by atoms with Gasteiger partial charge in [0.2, 0.25) is 0 Å².